The highest BCUT2D eigenvalue weighted by Crippen LogP contribution is 2.21. The Kier molecular flexibility index (Phi) is 3.98. The van der Waals surface area contributed by atoms with Crippen LogP contribution in [0.1, 0.15) is 16.7 Å². The van der Waals surface area contributed by atoms with Crippen molar-refractivity contribution in [2.45, 2.75) is 19.8 Å². The number of methoxy groups -OCH3 is 1. The molecule has 0 fully saturated rings. The molecule has 2 aromatic carbocycles. The average molecular weight is 244 g/mol. The third-order valence-electron chi connectivity index (χ3n) is 3.01. The summed E-state index contributed by atoms with van der Waals surface area (Å²) in [6, 6.07) is 12.9. The van der Waals surface area contributed by atoms with E-state index in [1.54, 1.807) is 19.2 Å². The fourth-order valence-electron chi connectivity index (χ4n) is 2.03. The van der Waals surface area contributed by atoms with Gasteiger partial charge in [-0.15, -0.1) is 0 Å². The first-order valence-corrected chi connectivity index (χ1v) is 6.07. The van der Waals surface area contributed by atoms with Gasteiger partial charge in [-0.05, 0) is 54.7 Å². The van der Waals surface area contributed by atoms with Crippen LogP contribution in [0.4, 0.5) is 4.39 Å². The van der Waals surface area contributed by atoms with Crippen LogP contribution in [0.2, 0.25) is 0 Å². The minimum Gasteiger partial charge on any atom is -0.496 e. The molecule has 0 radical (unpaired) electrons. The van der Waals surface area contributed by atoms with E-state index in [0.29, 0.717) is 0 Å². The lowest BCUT2D eigenvalue weighted by atomic mass is 10.0. The van der Waals surface area contributed by atoms with Crippen molar-refractivity contribution in [3.05, 3.63) is 65.0 Å². The Balaban J connectivity index is 2.10. The molecular weight excluding hydrogens is 227 g/mol. The molecule has 0 atom stereocenters. The smallest absolute Gasteiger partial charge is 0.123 e. The summed E-state index contributed by atoms with van der Waals surface area (Å²) in [5.74, 6) is 0.731. The summed E-state index contributed by atoms with van der Waals surface area (Å²) in [4.78, 5) is 0. The molecule has 1 nitrogen and oxygen atoms in total. The maximum atomic E-state index is 13.1. The van der Waals surface area contributed by atoms with Crippen molar-refractivity contribution in [3.63, 3.8) is 0 Å². The lowest BCUT2D eigenvalue weighted by Crippen LogP contribution is -1.96. The van der Waals surface area contributed by atoms with E-state index < -0.39 is 0 Å². The van der Waals surface area contributed by atoms with Crippen molar-refractivity contribution in [2.24, 2.45) is 0 Å². The van der Waals surface area contributed by atoms with Crippen LogP contribution in [0, 0.1) is 12.7 Å². The largest absolute Gasteiger partial charge is 0.496 e. The molecule has 18 heavy (non-hydrogen) atoms. The molecule has 0 aliphatic heterocycles. The van der Waals surface area contributed by atoms with E-state index in [4.69, 9.17) is 4.74 Å². The molecule has 2 heteroatoms. The molecule has 0 saturated heterocycles. The van der Waals surface area contributed by atoms with Crippen molar-refractivity contribution in [3.8, 4) is 5.75 Å². The number of hydrogen-bond acceptors (Lipinski definition) is 1. The molecular formula is C16H17FO. The Hall–Kier alpha value is -1.83. The van der Waals surface area contributed by atoms with Gasteiger partial charge < -0.3 is 4.74 Å². The quantitative estimate of drug-likeness (QED) is 0.792. The van der Waals surface area contributed by atoms with E-state index in [9.17, 15) is 4.39 Å². The highest BCUT2D eigenvalue weighted by Gasteiger charge is 2.04. The molecule has 0 saturated carbocycles. The molecule has 0 N–H and O–H groups in total. The Morgan fingerprint density at radius 1 is 1.06 bits per heavy atom. The Morgan fingerprint density at radius 3 is 2.61 bits per heavy atom. The molecule has 0 unspecified atom stereocenters. The van der Waals surface area contributed by atoms with Gasteiger partial charge in [0.1, 0.15) is 11.6 Å². The topological polar surface area (TPSA) is 9.23 Å². The van der Waals surface area contributed by atoms with Crippen molar-refractivity contribution in [2.75, 3.05) is 7.11 Å². The SMILES string of the molecule is COc1cc(C)ccc1CCc1cccc(F)c1. The van der Waals surface area contributed by atoms with Crippen molar-refractivity contribution in [1.82, 2.24) is 0 Å². The van der Waals surface area contributed by atoms with Crippen molar-refractivity contribution in [1.29, 1.82) is 0 Å². The van der Waals surface area contributed by atoms with Gasteiger partial charge in [0.05, 0.1) is 7.11 Å². The van der Waals surface area contributed by atoms with Crippen LogP contribution in [0.3, 0.4) is 0 Å². The monoisotopic (exact) mass is 244 g/mol. The molecule has 0 heterocycles. The van der Waals surface area contributed by atoms with Crippen molar-refractivity contribution < 1.29 is 9.13 Å². The summed E-state index contributed by atoms with van der Waals surface area (Å²) in [5.41, 5.74) is 3.35. The summed E-state index contributed by atoms with van der Waals surface area (Å²) in [5, 5.41) is 0. The van der Waals surface area contributed by atoms with Gasteiger partial charge in [-0.25, -0.2) is 4.39 Å². The maximum Gasteiger partial charge on any atom is 0.123 e. The van der Waals surface area contributed by atoms with Gasteiger partial charge in [-0.2, -0.15) is 0 Å². The summed E-state index contributed by atoms with van der Waals surface area (Å²) in [7, 11) is 1.68. The Labute approximate surface area is 107 Å². The fraction of sp³-hybridized carbons (Fsp3) is 0.250. The van der Waals surface area contributed by atoms with E-state index in [2.05, 4.69) is 12.1 Å². The normalized spacial score (nSPS) is 10.4. The van der Waals surface area contributed by atoms with Gasteiger partial charge in [0.15, 0.2) is 0 Å². The van der Waals surface area contributed by atoms with E-state index in [1.165, 1.54) is 11.6 Å². The fourth-order valence-corrected chi connectivity index (χ4v) is 2.03. The molecule has 0 spiro atoms. The van der Waals surface area contributed by atoms with Crippen LogP contribution in [0.5, 0.6) is 5.75 Å². The molecule has 94 valence electrons. The van der Waals surface area contributed by atoms with Crippen LogP contribution in [-0.2, 0) is 12.8 Å². The van der Waals surface area contributed by atoms with Crippen LogP contribution in [0.25, 0.3) is 0 Å². The van der Waals surface area contributed by atoms with Gasteiger partial charge in [-0.1, -0.05) is 24.3 Å². The first-order chi connectivity index (χ1) is 8.69. The van der Waals surface area contributed by atoms with Crippen LogP contribution < -0.4 is 4.74 Å². The highest BCUT2D eigenvalue weighted by atomic mass is 19.1. The Bertz CT molecular complexity index is 534. The minimum absolute atomic E-state index is 0.177. The van der Waals surface area contributed by atoms with Crippen LogP contribution in [0.15, 0.2) is 42.5 Å². The van der Waals surface area contributed by atoms with Gasteiger partial charge in [0.25, 0.3) is 0 Å². The van der Waals surface area contributed by atoms with Crippen LogP contribution >= 0.6 is 0 Å². The number of halogens is 1. The molecule has 0 amide bonds. The Morgan fingerprint density at radius 2 is 1.89 bits per heavy atom. The molecule has 2 rings (SSSR count). The zero-order valence-corrected chi connectivity index (χ0v) is 10.7. The summed E-state index contributed by atoms with van der Waals surface area (Å²) >= 11 is 0. The molecule has 0 aromatic heterocycles. The average Bonchev–Trinajstić information content (AvgIpc) is 2.37. The zero-order valence-electron chi connectivity index (χ0n) is 10.7. The second kappa shape index (κ2) is 5.67. The number of benzene rings is 2. The molecule has 0 aliphatic carbocycles. The van der Waals surface area contributed by atoms with E-state index in [0.717, 1.165) is 29.7 Å². The number of hydrogen-bond donors (Lipinski definition) is 0. The second-order valence-corrected chi connectivity index (χ2v) is 4.45. The maximum absolute atomic E-state index is 13.1. The first kappa shape index (κ1) is 12.6. The van der Waals surface area contributed by atoms with E-state index >= 15 is 0 Å². The molecule has 2 aromatic rings. The number of rotatable bonds is 4. The minimum atomic E-state index is -0.177. The molecule has 0 bridgehead atoms. The third-order valence-corrected chi connectivity index (χ3v) is 3.01. The lowest BCUT2D eigenvalue weighted by molar-refractivity contribution is 0.409. The lowest BCUT2D eigenvalue weighted by Gasteiger charge is -2.09. The van der Waals surface area contributed by atoms with Crippen LogP contribution in [-0.4, -0.2) is 7.11 Å². The van der Waals surface area contributed by atoms with Crippen molar-refractivity contribution >= 4 is 0 Å². The van der Waals surface area contributed by atoms with E-state index in [1.807, 2.05) is 19.1 Å². The second-order valence-electron chi connectivity index (χ2n) is 4.45. The summed E-state index contributed by atoms with van der Waals surface area (Å²) < 4.78 is 18.4. The molecule has 0 aliphatic rings. The predicted octanol–water partition coefficient (Wildman–Crippen LogP) is 3.93. The van der Waals surface area contributed by atoms with Gasteiger partial charge in [-0.3, -0.25) is 0 Å². The van der Waals surface area contributed by atoms with Gasteiger partial charge >= 0.3 is 0 Å². The first-order valence-electron chi connectivity index (χ1n) is 6.07. The zero-order chi connectivity index (χ0) is 13.0. The number of ether oxygens (including phenoxy) is 1. The third kappa shape index (κ3) is 3.10. The van der Waals surface area contributed by atoms with E-state index in [-0.39, 0.29) is 5.82 Å². The number of aryl methyl sites for hydroxylation is 3. The predicted molar refractivity (Wildman–Crippen MR) is 71.5 cm³/mol. The standard InChI is InChI=1S/C16H17FO/c1-12-6-8-14(16(10-12)18-2)9-7-13-4-3-5-15(17)11-13/h3-6,8,10-11H,7,9H2,1-2H3. The van der Waals surface area contributed by atoms with Gasteiger partial charge in [0, 0.05) is 0 Å². The highest BCUT2D eigenvalue weighted by molar-refractivity contribution is 5.37. The summed E-state index contributed by atoms with van der Waals surface area (Å²) in [6.45, 7) is 2.04. The summed E-state index contributed by atoms with van der Waals surface area (Å²) in [6.07, 6.45) is 1.67. The van der Waals surface area contributed by atoms with Gasteiger partial charge in [0.2, 0.25) is 0 Å².